The minimum absolute atomic E-state index is 0.268. The van der Waals surface area contributed by atoms with Gasteiger partial charge < -0.3 is 50.5 Å². The molecule has 1 amide bonds. The first-order chi connectivity index (χ1) is 40.7. The molecule has 1 aliphatic rings. The maximum absolute atomic E-state index is 13.3. The summed E-state index contributed by atoms with van der Waals surface area (Å²) in [6.07, 6.45) is 63.4. The summed E-state index contributed by atoms with van der Waals surface area (Å²) in [5, 5.41) is 76.6. The first-order valence-corrected chi connectivity index (χ1v) is 36.9. The Kier molecular flexibility index (Phi) is 59.2. The van der Waals surface area contributed by atoms with Crippen molar-refractivity contribution in [2.24, 2.45) is 0 Å². The third-order valence-electron chi connectivity index (χ3n) is 18.4. The highest BCUT2D eigenvalue weighted by molar-refractivity contribution is 5.80. The number of hydrogen-bond donors (Lipinski definition) is 8. The lowest BCUT2D eigenvalue weighted by Gasteiger charge is -2.40. The largest absolute Gasteiger partial charge is 0.394 e. The van der Waals surface area contributed by atoms with E-state index in [-0.39, 0.29) is 6.42 Å². The molecule has 496 valence electrons. The molecule has 9 unspecified atom stereocenters. The summed E-state index contributed by atoms with van der Waals surface area (Å²) >= 11 is 0. The second-order valence-electron chi connectivity index (χ2n) is 26.4. The van der Waals surface area contributed by atoms with E-state index in [0.29, 0.717) is 19.3 Å². The molecule has 0 aromatic carbocycles. The standard InChI is InChI=1S/C72H143NO10/c1-3-5-7-9-11-13-15-17-19-21-23-25-27-29-31-32-33-34-36-37-39-41-43-45-47-49-51-53-55-57-59-64(75)67(77)63(62-82-72-70(80)69(79)68(78)66(61-74)83-72)73-71(81)65(76)60-58-56-54-52-50-48-46-44-42-40-38-35-30-28-26-24-22-20-18-16-14-12-10-8-6-4-2/h63-70,72,74-80H,3-62H2,1-2H3,(H,73,81). The molecule has 8 N–H and O–H groups in total. The van der Waals surface area contributed by atoms with E-state index < -0.39 is 74.2 Å². The fourth-order valence-corrected chi connectivity index (χ4v) is 12.5. The number of carbonyl (C=O) groups excluding carboxylic acids is 1. The van der Waals surface area contributed by atoms with Gasteiger partial charge in [0.25, 0.3) is 0 Å². The van der Waals surface area contributed by atoms with Crippen LogP contribution in [0, 0.1) is 0 Å². The van der Waals surface area contributed by atoms with Gasteiger partial charge in [-0.15, -0.1) is 0 Å². The molecule has 0 spiro atoms. The van der Waals surface area contributed by atoms with Gasteiger partial charge in [-0.3, -0.25) is 4.79 Å². The van der Waals surface area contributed by atoms with Crippen LogP contribution in [-0.2, 0) is 14.3 Å². The average Bonchev–Trinajstić information content (AvgIpc) is 3.68. The zero-order valence-corrected chi connectivity index (χ0v) is 55.0. The zero-order chi connectivity index (χ0) is 60.3. The molecule has 0 aromatic rings. The zero-order valence-electron chi connectivity index (χ0n) is 55.0. The van der Waals surface area contributed by atoms with Crippen molar-refractivity contribution in [2.45, 2.75) is 441 Å². The van der Waals surface area contributed by atoms with Crippen molar-refractivity contribution in [3.05, 3.63) is 0 Å². The molecule has 0 bridgehead atoms. The van der Waals surface area contributed by atoms with Gasteiger partial charge >= 0.3 is 0 Å². The van der Waals surface area contributed by atoms with E-state index in [9.17, 15) is 40.5 Å². The number of nitrogens with one attached hydrogen (secondary N) is 1. The van der Waals surface area contributed by atoms with Crippen LogP contribution < -0.4 is 5.32 Å². The van der Waals surface area contributed by atoms with E-state index in [0.717, 1.165) is 38.5 Å². The summed E-state index contributed by atoms with van der Waals surface area (Å²) in [5.74, 6) is -0.686. The molecule has 11 heteroatoms. The molecule has 1 heterocycles. The summed E-state index contributed by atoms with van der Waals surface area (Å²) in [5.41, 5.74) is 0. The minimum atomic E-state index is -1.66. The number of ether oxygens (including phenoxy) is 2. The number of aliphatic hydroxyl groups is 7. The number of amides is 1. The van der Waals surface area contributed by atoms with Gasteiger partial charge in [0, 0.05) is 0 Å². The first-order valence-electron chi connectivity index (χ1n) is 36.9. The summed E-state index contributed by atoms with van der Waals surface area (Å²) in [6.45, 7) is 3.54. The van der Waals surface area contributed by atoms with Crippen LogP contribution in [-0.4, -0.2) is 110 Å². The molecule has 83 heavy (non-hydrogen) atoms. The number of hydrogen-bond acceptors (Lipinski definition) is 10. The Morgan fingerprint density at radius 2 is 0.627 bits per heavy atom. The SMILES string of the molecule is CCCCCCCCCCCCCCCCCCCCCCCCCCCCCCCCC(O)C(O)C(COC1OC(CO)C(O)C(O)C1O)NC(=O)C(O)CCCCCCCCCCCCCCCCCCCCCCCCCCCC. The predicted octanol–water partition coefficient (Wildman–Crippen LogP) is 18.0. The lowest BCUT2D eigenvalue weighted by Crippen LogP contribution is -2.60. The molecule has 11 nitrogen and oxygen atoms in total. The summed E-state index contributed by atoms with van der Waals surface area (Å²) in [7, 11) is 0. The Morgan fingerprint density at radius 3 is 0.892 bits per heavy atom. The van der Waals surface area contributed by atoms with Crippen LogP contribution in [0.4, 0.5) is 0 Å². The quantitative estimate of drug-likeness (QED) is 0.0272. The molecule has 1 rings (SSSR count). The van der Waals surface area contributed by atoms with E-state index in [1.807, 2.05) is 0 Å². The van der Waals surface area contributed by atoms with Gasteiger partial charge in [0.2, 0.25) is 5.91 Å². The summed E-state index contributed by atoms with van der Waals surface area (Å²) in [6, 6.07) is -1.16. The van der Waals surface area contributed by atoms with E-state index in [1.54, 1.807) is 0 Å². The number of rotatable bonds is 66. The van der Waals surface area contributed by atoms with Crippen LogP contribution in [0.3, 0.4) is 0 Å². The molecule has 1 aliphatic heterocycles. The second kappa shape index (κ2) is 61.4. The highest BCUT2D eigenvalue weighted by atomic mass is 16.7. The van der Waals surface area contributed by atoms with Gasteiger partial charge in [0.15, 0.2) is 6.29 Å². The van der Waals surface area contributed by atoms with Crippen LogP contribution in [0.2, 0.25) is 0 Å². The maximum Gasteiger partial charge on any atom is 0.249 e. The van der Waals surface area contributed by atoms with Gasteiger partial charge in [-0.05, 0) is 12.8 Å². The van der Waals surface area contributed by atoms with E-state index in [1.165, 1.54) is 308 Å². The fourth-order valence-electron chi connectivity index (χ4n) is 12.5. The van der Waals surface area contributed by atoms with E-state index in [4.69, 9.17) is 9.47 Å². The Balaban J connectivity index is 2.16. The van der Waals surface area contributed by atoms with Gasteiger partial charge in [-0.1, -0.05) is 373 Å². The molecule has 0 aliphatic carbocycles. The third kappa shape index (κ3) is 48.7. The first kappa shape index (κ1) is 80.1. The van der Waals surface area contributed by atoms with Crippen molar-refractivity contribution < 1.29 is 50.0 Å². The Morgan fingerprint density at radius 1 is 0.373 bits per heavy atom. The van der Waals surface area contributed by atoms with Gasteiger partial charge in [-0.25, -0.2) is 0 Å². The van der Waals surface area contributed by atoms with E-state index in [2.05, 4.69) is 19.2 Å². The van der Waals surface area contributed by atoms with Crippen molar-refractivity contribution in [1.82, 2.24) is 5.32 Å². The van der Waals surface area contributed by atoms with Crippen molar-refractivity contribution in [2.75, 3.05) is 13.2 Å². The van der Waals surface area contributed by atoms with Crippen LogP contribution in [0.5, 0.6) is 0 Å². The number of carbonyl (C=O) groups is 1. The smallest absolute Gasteiger partial charge is 0.249 e. The number of aliphatic hydroxyl groups excluding tert-OH is 7. The molecule has 0 aromatic heterocycles. The van der Waals surface area contributed by atoms with Crippen molar-refractivity contribution >= 4 is 5.91 Å². The predicted molar refractivity (Wildman–Crippen MR) is 349 cm³/mol. The normalized spacial score (nSPS) is 18.9. The second-order valence-corrected chi connectivity index (χ2v) is 26.4. The third-order valence-corrected chi connectivity index (χ3v) is 18.4. The van der Waals surface area contributed by atoms with Crippen molar-refractivity contribution in [3.8, 4) is 0 Å². The highest BCUT2D eigenvalue weighted by Gasteiger charge is 2.44. The molecule has 1 fully saturated rings. The van der Waals surface area contributed by atoms with Gasteiger partial charge in [-0.2, -0.15) is 0 Å². The molecular formula is C72H143NO10. The maximum atomic E-state index is 13.3. The summed E-state index contributed by atoms with van der Waals surface area (Å²) in [4.78, 5) is 13.3. The Hall–Kier alpha value is -0.890. The molecule has 0 radical (unpaired) electrons. The highest BCUT2D eigenvalue weighted by Crippen LogP contribution is 2.24. The lowest BCUT2D eigenvalue weighted by molar-refractivity contribution is -0.303. The van der Waals surface area contributed by atoms with Crippen LogP contribution in [0.15, 0.2) is 0 Å². The van der Waals surface area contributed by atoms with Crippen LogP contribution >= 0.6 is 0 Å². The molecule has 0 saturated carbocycles. The average molecular weight is 1180 g/mol. The van der Waals surface area contributed by atoms with Gasteiger partial charge in [0.05, 0.1) is 25.4 Å². The number of unbranched alkanes of at least 4 members (excludes halogenated alkanes) is 54. The van der Waals surface area contributed by atoms with Crippen LogP contribution in [0.25, 0.3) is 0 Å². The van der Waals surface area contributed by atoms with Crippen molar-refractivity contribution in [3.63, 3.8) is 0 Å². The van der Waals surface area contributed by atoms with Gasteiger partial charge in [0.1, 0.15) is 36.6 Å². The fraction of sp³-hybridized carbons (Fsp3) is 0.986. The lowest BCUT2D eigenvalue weighted by atomic mass is 9.98. The molecule has 1 saturated heterocycles. The Bertz CT molecular complexity index is 1310. The van der Waals surface area contributed by atoms with E-state index >= 15 is 0 Å². The Labute approximate surface area is 513 Å². The molecular weight excluding hydrogens is 1040 g/mol. The van der Waals surface area contributed by atoms with Crippen LogP contribution in [0.1, 0.15) is 386 Å². The molecule has 9 atom stereocenters. The van der Waals surface area contributed by atoms with Crippen molar-refractivity contribution in [1.29, 1.82) is 0 Å². The minimum Gasteiger partial charge on any atom is -0.394 e. The monoisotopic (exact) mass is 1180 g/mol. The topological polar surface area (TPSA) is 189 Å². The summed E-state index contributed by atoms with van der Waals surface area (Å²) < 4.78 is 11.2.